The molecule has 6 rings (SSSR count). The molecule has 2 saturated carbocycles. The van der Waals surface area contributed by atoms with Gasteiger partial charge in [-0.15, -0.1) is 0 Å². The fraction of sp³-hybridized carbons (Fsp3) is 0.543. The molecule has 2 aliphatic carbocycles. The molecule has 3 unspecified atom stereocenters. The molecule has 7 heteroatoms. The predicted molar refractivity (Wildman–Crippen MR) is 159 cm³/mol. The summed E-state index contributed by atoms with van der Waals surface area (Å²) in [4.78, 5) is 14.8. The van der Waals surface area contributed by atoms with Crippen molar-refractivity contribution < 1.29 is 18.7 Å². The maximum absolute atomic E-state index is 14.2. The number of piperidine rings is 1. The quantitative estimate of drug-likeness (QED) is 0.261. The van der Waals surface area contributed by atoms with Gasteiger partial charge in [-0.05, 0) is 117 Å². The average molecular weight is 576 g/mol. The van der Waals surface area contributed by atoms with Crippen LogP contribution >= 0.6 is 0 Å². The minimum absolute atomic E-state index is 0.148. The molecule has 1 aliphatic heterocycles. The Hall–Kier alpha value is -3.06. The van der Waals surface area contributed by atoms with Crippen LogP contribution < -0.4 is 0 Å². The highest BCUT2D eigenvalue weighted by molar-refractivity contribution is 5.70. The van der Waals surface area contributed by atoms with Crippen molar-refractivity contribution in [1.82, 2.24) is 14.7 Å². The first-order chi connectivity index (χ1) is 20.4. The standard InChI is InChI=1S/C35H43F2N3O2/c1-2-40-34(21-31(38-40)16-24-5-3-7-29(36)15-24)25-11-13-39(14-12-25)22-28-18-27(33(35(41)42)17-23-9-10-23)20-32(28)26-6-4-8-30(37)19-26/h3-8,15,19,21,23,25,27-28,32-33H,2,9-14,16-18,20,22H2,1H3,(H,41,42)/t27?,28?,32?,33-/m0/s1. The van der Waals surface area contributed by atoms with Crippen molar-refractivity contribution in [3.63, 3.8) is 0 Å². The third-order valence-electron chi connectivity index (χ3n) is 10.1. The molecule has 0 spiro atoms. The van der Waals surface area contributed by atoms with Gasteiger partial charge in [-0.1, -0.05) is 37.1 Å². The largest absolute Gasteiger partial charge is 0.481 e. The van der Waals surface area contributed by atoms with Crippen molar-refractivity contribution in [2.24, 2.45) is 23.7 Å². The first kappa shape index (κ1) is 29.0. The number of carboxylic acid groups (broad SMARTS) is 1. The molecule has 1 aromatic heterocycles. The molecule has 4 atom stereocenters. The smallest absolute Gasteiger partial charge is 0.306 e. The van der Waals surface area contributed by atoms with Crippen LogP contribution in [0.15, 0.2) is 54.6 Å². The van der Waals surface area contributed by atoms with Gasteiger partial charge in [-0.3, -0.25) is 9.48 Å². The monoisotopic (exact) mass is 575 g/mol. The molecule has 0 bridgehead atoms. The number of benzene rings is 2. The average Bonchev–Trinajstić information content (AvgIpc) is 3.57. The lowest BCUT2D eigenvalue weighted by atomic mass is 9.85. The van der Waals surface area contributed by atoms with Crippen LogP contribution in [0.3, 0.4) is 0 Å². The number of likely N-dealkylation sites (tertiary alicyclic amines) is 1. The van der Waals surface area contributed by atoms with Gasteiger partial charge in [0.1, 0.15) is 11.6 Å². The fourth-order valence-corrected chi connectivity index (χ4v) is 7.81. The molecule has 224 valence electrons. The number of aliphatic carboxylic acids is 1. The molecule has 5 nitrogen and oxygen atoms in total. The Bertz CT molecular complexity index is 1380. The SMILES string of the molecule is CCn1nc(Cc2cccc(F)c2)cc1C1CCN(CC2CC([C@H](CC3CC3)C(=O)O)CC2c2cccc(F)c2)CC1. The first-order valence-corrected chi connectivity index (χ1v) is 15.9. The number of carbonyl (C=O) groups is 1. The normalized spacial score (nSPS) is 24.2. The van der Waals surface area contributed by atoms with Crippen molar-refractivity contribution >= 4 is 5.97 Å². The molecular weight excluding hydrogens is 532 g/mol. The number of hydrogen-bond donors (Lipinski definition) is 1. The number of nitrogens with zero attached hydrogens (tertiary/aromatic N) is 3. The molecule has 3 aliphatic rings. The summed E-state index contributed by atoms with van der Waals surface area (Å²) < 4.78 is 30.1. The van der Waals surface area contributed by atoms with E-state index in [1.54, 1.807) is 24.3 Å². The van der Waals surface area contributed by atoms with Crippen LogP contribution in [0.25, 0.3) is 0 Å². The topological polar surface area (TPSA) is 58.4 Å². The minimum Gasteiger partial charge on any atom is -0.481 e. The summed E-state index contributed by atoms with van der Waals surface area (Å²) in [7, 11) is 0. The molecule has 42 heavy (non-hydrogen) atoms. The maximum atomic E-state index is 14.2. The van der Waals surface area contributed by atoms with E-state index in [9.17, 15) is 18.7 Å². The van der Waals surface area contributed by atoms with E-state index >= 15 is 0 Å². The van der Waals surface area contributed by atoms with Crippen molar-refractivity contribution in [2.75, 3.05) is 19.6 Å². The minimum atomic E-state index is -0.657. The van der Waals surface area contributed by atoms with Gasteiger partial charge in [0.15, 0.2) is 0 Å². The summed E-state index contributed by atoms with van der Waals surface area (Å²) >= 11 is 0. The first-order valence-electron chi connectivity index (χ1n) is 15.9. The molecular formula is C35H43F2N3O2. The Balaban J connectivity index is 1.12. The fourth-order valence-electron chi connectivity index (χ4n) is 7.81. The van der Waals surface area contributed by atoms with Crippen molar-refractivity contribution in [3.05, 3.63) is 88.7 Å². The summed E-state index contributed by atoms with van der Waals surface area (Å²) in [5.74, 6) is 0.287. The molecule has 2 heterocycles. The predicted octanol–water partition coefficient (Wildman–Crippen LogP) is 7.26. The summed E-state index contributed by atoms with van der Waals surface area (Å²) in [6.07, 6.45) is 7.56. The van der Waals surface area contributed by atoms with E-state index in [-0.39, 0.29) is 29.4 Å². The van der Waals surface area contributed by atoms with Crippen molar-refractivity contribution in [3.8, 4) is 0 Å². The molecule has 1 N–H and O–H groups in total. The molecule has 2 aromatic carbocycles. The van der Waals surface area contributed by atoms with Gasteiger partial charge >= 0.3 is 5.97 Å². The Kier molecular flexibility index (Phi) is 8.75. The van der Waals surface area contributed by atoms with Crippen LogP contribution in [0.1, 0.15) is 86.2 Å². The third kappa shape index (κ3) is 6.77. The molecule has 0 radical (unpaired) electrons. The molecule has 3 fully saturated rings. The summed E-state index contributed by atoms with van der Waals surface area (Å²) in [5, 5.41) is 14.9. The lowest BCUT2D eigenvalue weighted by Gasteiger charge is -2.35. The number of aromatic nitrogens is 2. The number of carboxylic acids is 1. The maximum Gasteiger partial charge on any atom is 0.306 e. The van der Waals surface area contributed by atoms with E-state index in [2.05, 4.69) is 22.6 Å². The van der Waals surface area contributed by atoms with E-state index in [1.807, 2.05) is 12.1 Å². The Labute approximate surface area is 247 Å². The van der Waals surface area contributed by atoms with Crippen LogP contribution in [-0.4, -0.2) is 45.4 Å². The van der Waals surface area contributed by atoms with Gasteiger partial charge in [-0.2, -0.15) is 5.10 Å². The number of hydrogen-bond acceptors (Lipinski definition) is 3. The second-order valence-corrected chi connectivity index (χ2v) is 13.0. The second-order valence-electron chi connectivity index (χ2n) is 13.0. The van der Waals surface area contributed by atoms with Gasteiger partial charge < -0.3 is 10.0 Å². The van der Waals surface area contributed by atoms with Crippen LogP contribution in [0.5, 0.6) is 0 Å². The van der Waals surface area contributed by atoms with Crippen LogP contribution in [0.4, 0.5) is 8.78 Å². The number of aryl methyl sites for hydroxylation is 1. The van der Waals surface area contributed by atoms with E-state index in [1.165, 1.54) is 17.8 Å². The van der Waals surface area contributed by atoms with Gasteiger partial charge in [0, 0.05) is 31.1 Å². The van der Waals surface area contributed by atoms with Crippen molar-refractivity contribution in [1.29, 1.82) is 0 Å². The Morgan fingerprint density at radius 2 is 1.74 bits per heavy atom. The lowest BCUT2D eigenvalue weighted by molar-refractivity contribution is -0.144. The van der Waals surface area contributed by atoms with Gasteiger partial charge in [0.25, 0.3) is 0 Å². The Morgan fingerprint density at radius 1 is 1.00 bits per heavy atom. The van der Waals surface area contributed by atoms with E-state index in [4.69, 9.17) is 5.10 Å². The lowest BCUT2D eigenvalue weighted by Crippen LogP contribution is -2.37. The van der Waals surface area contributed by atoms with E-state index in [0.29, 0.717) is 24.2 Å². The summed E-state index contributed by atoms with van der Waals surface area (Å²) in [6.45, 7) is 5.83. The zero-order valence-corrected chi connectivity index (χ0v) is 24.6. The van der Waals surface area contributed by atoms with Crippen molar-refractivity contribution in [2.45, 2.75) is 76.7 Å². The third-order valence-corrected chi connectivity index (χ3v) is 10.1. The van der Waals surface area contributed by atoms with Crippen LogP contribution in [-0.2, 0) is 17.8 Å². The summed E-state index contributed by atoms with van der Waals surface area (Å²) in [6, 6.07) is 15.9. The zero-order valence-electron chi connectivity index (χ0n) is 24.6. The number of rotatable bonds is 11. The number of halogens is 2. The van der Waals surface area contributed by atoms with E-state index < -0.39 is 5.97 Å². The highest BCUT2D eigenvalue weighted by atomic mass is 19.1. The Morgan fingerprint density at radius 3 is 2.40 bits per heavy atom. The molecule has 3 aromatic rings. The highest BCUT2D eigenvalue weighted by Crippen LogP contribution is 2.49. The van der Waals surface area contributed by atoms with E-state index in [0.717, 1.165) is 87.9 Å². The molecule has 0 amide bonds. The second kappa shape index (κ2) is 12.7. The van der Waals surface area contributed by atoms with Crippen LogP contribution in [0, 0.1) is 35.3 Å². The van der Waals surface area contributed by atoms with Gasteiger partial charge in [0.05, 0.1) is 11.6 Å². The van der Waals surface area contributed by atoms with Gasteiger partial charge in [0.2, 0.25) is 0 Å². The summed E-state index contributed by atoms with van der Waals surface area (Å²) in [5.41, 5.74) is 4.20. The zero-order chi connectivity index (χ0) is 29.2. The van der Waals surface area contributed by atoms with Crippen LogP contribution in [0.2, 0.25) is 0 Å². The van der Waals surface area contributed by atoms with Gasteiger partial charge in [-0.25, -0.2) is 8.78 Å². The molecule has 1 saturated heterocycles. The highest BCUT2D eigenvalue weighted by Gasteiger charge is 2.43.